The van der Waals surface area contributed by atoms with E-state index in [4.69, 9.17) is 10.7 Å². The third-order valence-corrected chi connectivity index (χ3v) is 3.49. The van der Waals surface area contributed by atoms with Gasteiger partial charge in [0.15, 0.2) is 5.03 Å². The lowest BCUT2D eigenvalue weighted by atomic mass is 10.3. The van der Waals surface area contributed by atoms with E-state index in [0.717, 1.165) is 5.56 Å². The summed E-state index contributed by atoms with van der Waals surface area (Å²) in [5.41, 5.74) is 0.964. The minimum atomic E-state index is -3.77. The molecule has 0 N–H and O–H groups in total. The van der Waals surface area contributed by atoms with Gasteiger partial charge in [-0.15, -0.1) is 0 Å². The normalized spacial score (nSPS) is 11.9. The van der Waals surface area contributed by atoms with E-state index in [1.165, 1.54) is 6.20 Å². The van der Waals surface area contributed by atoms with Gasteiger partial charge in [0.2, 0.25) is 0 Å². The van der Waals surface area contributed by atoms with Crippen LogP contribution in [0.15, 0.2) is 23.6 Å². The molecular weight excluding hydrogens is 264 g/mol. The Morgan fingerprint density at radius 1 is 1.41 bits per heavy atom. The Balaban J connectivity index is 2.31. The smallest absolute Gasteiger partial charge is 0.280 e. The van der Waals surface area contributed by atoms with Crippen LogP contribution in [-0.2, 0) is 22.6 Å². The van der Waals surface area contributed by atoms with E-state index in [0.29, 0.717) is 12.4 Å². The summed E-state index contributed by atoms with van der Waals surface area (Å²) in [6, 6.07) is 0. The zero-order valence-corrected chi connectivity index (χ0v) is 10.9. The van der Waals surface area contributed by atoms with Crippen LogP contribution in [0.3, 0.4) is 0 Å². The zero-order valence-electron chi connectivity index (χ0n) is 9.33. The van der Waals surface area contributed by atoms with Crippen LogP contribution < -0.4 is 0 Å². The molecule has 0 saturated carbocycles. The highest BCUT2D eigenvalue weighted by molar-refractivity contribution is 8.13. The van der Waals surface area contributed by atoms with Crippen molar-refractivity contribution in [3.05, 3.63) is 30.0 Å². The van der Waals surface area contributed by atoms with Crippen LogP contribution in [0.5, 0.6) is 0 Å². The molecule has 2 aromatic rings. The molecule has 6 nitrogen and oxygen atoms in total. The second kappa shape index (κ2) is 4.15. The van der Waals surface area contributed by atoms with Crippen molar-refractivity contribution >= 4 is 19.7 Å². The number of hydrogen-bond donors (Lipinski definition) is 0. The maximum atomic E-state index is 11.1. The van der Waals surface area contributed by atoms with Crippen molar-refractivity contribution in [3.63, 3.8) is 0 Å². The van der Waals surface area contributed by atoms with E-state index in [9.17, 15) is 8.42 Å². The number of rotatable bonds is 3. The Kier molecular flexibility index (Phi) is 2.96. The Morgan fingerprint density at radius 2 is 2.12 bits per heavy atom. The minimum Gasteiger partial charge on any atom is -0.329 e. The van der Waals surface area contributed by atoms with Crippen molar-refractivity contribution in [2.24, 2.45) is 7.05 Å². The number of imidazole rings is 1. The first-order chi connectivity index (χ1) is 7.86. The van der Waals surface area contributed by atoms with Gasteiger partial charge in [-0.05, 0) is 6.92 Å². The van der Waals surface area contributed by atoms with Crippen LogP contribution in [0, 0.1) is 6.92 Å². The molecule has 17 heavy (non-hydrogen) atoms. The van der Waals surface area contributed by atoms with Gasteiger partial charge in [0.1, 0.15) is 5.82 Å². The highest BCUT2D eigenvalue weighted by atomic mass is 35.7. The van der Waals surface area contributed by atoms with Crippen molar-refractivity contribution < 1.29 is 8.42 Å². The molecule has 0 bridgehead atoms. The molecule has 0 aliphatic heterocycles. The van der Waals surface area contributed by atoms with Gasteiger partial charge in [0, 0.05) is 35.7 Å². The molecule has 0 unspecified atom stereocenters. The summed E-state index contributed by atoms with van der Waals surface area (Å²) in [6.07, 6.45) is 4.99. The first-order valence-corrected chi connectivity index (χ1v) is 7.13. The highest BCUT2D eigenvalue weighted by Gasteiger charge is 2.16. The van der Waals surface area contributed by atoms with Crippen LogP contribution >= 0.6 is 10.7 Å². The maximum Gasteiger partial charge on any atom is 0.280 e. The molecule has 0 radical (unpaired) electrons. The highest BCUT2D eigenvalue weighted by Crippen LogP contribution is 2.15. The number of aromatic nitrogens is 4. The molecule has 92 valence electrons. The van der Waals surface area contributed by atoms with E-state index in [1.807, 2.05) is 13.2 Å². The first kappa shape index (κ1) is 12.1. The van der Waals surface area contributed by atoms with Gasteiger partial charge in [0.05, 0.1) is 12.7 Å². The zero-order chi connectivity index (χ0) is 12.6. The van der Waals surface area contributed by atoms with Crippen molar-refractivity contribution in [3.8, 4) is 0 Å². The summed E-state index contributed by atoms with van der Waals surface area (Å²) < 4.78 is 25.7. The van der Waals surface area contributed by atoms with Gasteiger partial charge in [0.25, 0.3) is 9.05 Å². The summed E-state index contributed by atoms with van der Waals surface area (Å²) in [4.78, 5) is 3.90. The molecule has 0 spiro atoms. The van der Waals surface area contributed by atoms with Gasteiger partial charge in [-0.2, -0.15) is 5.10 Å². The van der Waals surface area contributed by atoms with E-state index >= 15 is 0 Å². The molecular formula is C9H11ClN4O2S. The summed E-state index contributed by atoms with van der Waals surface area (Å²) in [5.74, 6) is 0.591. The molecule has 0 saturated heterocycles. The van der Waals surface area contributed by atoms with Gasteiger partial charge in [-0.3, -0.25) is 4.68 Å². The first-order valence-electron chi connectivity index (χ1n) is 4.82. The number of nitrogens with zero attached hydrogens (tertiary/aromatic N) is 4. The molecule has 2 heterocycles. The summed E-state index contributed by atoms with van der Waals surface area (Å²) >= 11 is 0. The Bertz CT molecular complexity index is 644. The average molecular weight is 275 g/mol. The van der Waals surface area contributed by atoms with Crippen LogP contribution in [0.1, 0.15) is 11.4 Å². The Morgan fingerprint density at radius 3 is 2.59 bits per heavy atom. The SMILES string of the molecule is Cc1nc(S(=O)(=O)Cl)cn1Cc1cnn(C)c1. The fourth-order valence-corrected chi connectivity index (χ4v) is 2.22. The lowest BCUT2D eigenvalue weighted by Crippen LogP contribution is -1.99. The second-order valence-electron chi connectivity index (χ2n) is 3.71. The quantitative estimate of drug-likeness (QED) is 0.780. The van der Waals surface area contributed by atoms with E-state index in [1.54, 1.807) is 22.4 Å². The molecule has 2 aromatic heterocycles. The largest absolute Gasteiger partial charge is 0.329 e. The predicted molar refractivity (Wildman–Crippen MR) is 62.3 cm³/mol. The van der Waals surface area contributed by atoms with Gasteiger partial charge >= 0.3 is 0 Å². The molecule has 2 rings (SSSR count). The molecule has 0 fully saturated rings. The molecule has 8 heteroatoms. The fourth-order valence-electron chi connectivity index (χ4n) is 1.51. The maximum absolute atomic E-state index is 11.1. The number of aryl methyl sites for hydroxylation is 2. The predicted octanol–water partition coefficient (Wildman–Crippen LogP) is 0.901. The molecule has 0 aliphatic rings. The third kappa shape index (κ3) is 2.67. The number of halogens is 1. The fraction of sp³-hybridized carbons (Fsp3) is 0.333. The molecule has 0 atom stereocenters. The standard InChI is InChI=1S/C9H11ClN4O2S/c1-7-12-9(17(10,15)16)6-14(7)5-8-3-11-13(2)4-8/h3-4,6H,5H2,1-2H3. The monoisotopic (exact) mass is 274 g/mol. The Hall–Kier alpha value is -1.34. The van der Waals surface area contributed by atoms with Crippen molar-refractivity contribution in [2.75, 3.05) is 0 Å². The molecule has 0 aromatic carbocycles. The lowest BCUT2D eigenvalue weighted by molar-refractivity contribution is 0.606. The van der Waals surface area contributed by atoms with Crippen molar-refractivity contribution in [2.45, 2.75) is 18.5 Å². The van der Waals surface area contributed by atoms with Gasteiger partial charge < -0.3 is 4.57 Å². The van der Waals surface area contributed by atoms with Crippen LogP contribution in [0.2, 0.25) is 0 Å². The van der Waals surface area contributed by atoms with Crippen LogP contribution in [0.4, 0.5) is 0 Å². The summed E-state index contributed by atoms with van der Waals surface area (Å²) in [7, 11) is 3.28. The van der Waals surface area contributed by atoms with Crippen LogP contribution in [0.25, 0.3) is 0 Å². The van der Waals surface area contributed by atoms with E-state index in [-0.39, 0.29) is 5.03 Å². The van der Waals surface area contributed by atoms with E-state index in [2.05, 4.69) is 10.1 Å². The number of hydrogen-bond acceptors (Lipinski definition) is 4. The minimum absolute atomic E-state index is 0.124. The van der Waals surface area contributed by atoms with Crippen LogP contribution in [-0.4, -0.2) is 27.7 Å². The molecule has 0 aliphatic carbocycles. The summed E-state index contributed by atoms with van der Waals surface area (Å²) in [6.45, 7) is 2.24. The second-order valence-corrected chi connectivity index (χ2v) is 6.23. The third-order valence-electron chi connectivity index (χ3n) is 2.32. The summed E-state index contributed by atoms with van der Waals surface area (Å²) in [5, 5.41) is 3.91. The van der Waals surface area contributed by atoms with Crippen molar-refractivity contribution in [1.29, 1.82) is 0 Å². The molecule has 0 amide bonds. The van der Waals surface area contributed by atoms with Gasteiger partial charge in [-0.1, -0.05) is 0 Å². The van der Waals surface area contributed by atoms with Crippen molar-refractivity contribution in [1.82, 2.24) is 19.3 Å². The average Bonchev–Trinajstić information content (AvgIpc) is 2.74. The van der Waals surface area contributed by atoms with Gasteiger partial charge in [-0.25, -0.2) is 13.4 Å². The van der Waals surface area contributed by atoms with E-state index < -0.39 is 9.05 Å². The lowest BCUT2D eigenvalue weighted by Gasteiger charge is -2.00. The topological polar surface area (TPSA) is 69.8 Å². The Labute approximate surface area is 103 Å².